The first-order valence-electron chi connectivity index (χ1n) is 5.44. The maximum atomic E-state index is 12.3. The van der Waals surface area contributed by atoms with Gasteiger partial charge in [-0.2, -0.15) is 0 Å². The first kappa shape index (κ1) is 12.9. The van der Waals surface area contributed by atoms with Crippen molar-refractivity contribution in [1.82, 2.24) is 9.47 Å². The first-order chi connectivity index (χ1) is 8.50. The number of aliphatic carboxylic acids is 1. The van der Waals surface area contributed by atoms with Crippen LogP contribution in [0.1, 0.15) is 10.5 Å². The van der Waals surface area contributed by atoms with E-state index in [1.54, 1.807) is 17.8 Å². The van der Waals surface area contributed by atoms with Crippen molar-refractivity contribution in [3.63, 3.8) is 0 Å². The number of ether oxygens (including phenoxy) is 1. The Morgan fingerprint density at radius 2 is 2.28 bits per heavy atom. The van der Waals surface area contributed by atoms with Gasteiger partial charge in [0.05, 0.1) is 18.2 Å². The third-order valence-corrected chi connectivity index (χ3v) is 3.07. The van der Waals surface area contributed by atoms with Gasteiger partial charge in [-0.1, -0.05) is 11.6 Å². The van der Waals surface area contributed by atoms with E-state index < -0.39 is 12.0 Å². The molecule has 7 heteroatoms. The fourth-order valence-electron chi connectivity index (χ4n) is 1.94. The standard InChI is InChI=1S/C11H13ClN2O4/c1-13-5-7(12)4-8(13)10(15)14-2-3-18-6-9(14)11(16)17/h4-5,9H,2-3,6H2,1H3,(H,16,17)/t9-/m1/s1. The molecule has 1 aromatic heterocycles. The topological polar surface area (TPSA) is 71.8 Å². The lowest BCUT2D eigenvalue weighted by molar-refractivity contribution is -0.147. The van der Waals surface area contributed by atoms with Crippen molar-refractivity contribution in [2.24, 2.45) is 7.05 Å². The van der Waals surface area contributed by atoms with Gasteiger partial charge in [-0.3, -0.25) is 4.79 Å². The zero-order valence-electron chi connectivity index (χ0n) is 9.80. The molecule has 1 saturated heterocycles. The van der Waals surface area contributed by atoms with E-state index in [1.165, 1.54) is 11.0 Å². The summed E-state index contributed by atoms with van der Waals surface area (Å²) in [4.78, 5) is 24.7. The van der Waals surface area contributed by atoms with Gasteiger partial charge in [-0.15, -0.1) is 0 Å². The first-order valence-corrected chi connectivity index (χ1v) is 5.82. The van der Waals surface area contributed by atoms with Crippen LogP contribution in [-0.4, -0.2) is 52.3 Å². The van der Waals surface area contributed by atoms with E-state index in [4.69, 9.17) is 21.4 Å². The summed E-state index contributed by atoms with van der Waals surface area (Å²) in [6, 6.07) is 0.582. The zero-order valence-corrected chi connectivity index (χ0v) is 10.6. The minimum atomic E-state index is -1.07. The van der Waals surface area contributed by atoms with Crippen molar-refractivity contribution < 1.29 is 19.4 Å². The molecule has 2 rings (SSSR count). The summed E-state index contributed by atoms with van der Waals surface area (Å²) in [7, 11) is 1.69. The van der Waals surface area contributed by atoms with E-state index in [1.807, 2.05) is 0 Å². The zero-order chi connectivity index (χ0) is 13.3. The molecule has 0 aliphatic carbocycles. The molecular formula is C11H13ClN2O4. The molecule has 98 valence electrons. The number of aryl methyl sites for hydroxylation is 1. The minimum Gasteiger partial charge on any atom is -0.480 e. The fourth-order valence-corrected chi connectivity index (χ4v) is 2.19. The number of amides is 1. The number of halogens is 1. The van der Waals surface area contributed by atoms with Crippen LogP contribution in [0.5, 0.6) is 0 Å². The molecular weight excluding hydrogens is 260 g/mol. The van der Waals surface area contributed by atoms with Gasteiger partial charge >= 0.3 is 5.97 Å². The number of morpholine rings is 1. The van der Waals surface area contributed by atoms with Gasteiger partial charge in [0, 0.05) is 19.8 Å². The van der Waals surface area contributed by atoms with Crippen molar-refractivity contribution >= 4 is 23.5 Å². The predicted octanol–water partition coefficient (Wildman–Crippen LogP) is 0.604. The van der Waals surface area contributed by atoms with Crippen LogP contribution in [0.4, 0.5) is 0 Å². The molecule has 6 nitrogen and oxygen atoms in total. The van der Waals surface area contributed by atoms with Crippen molar-refractivity contribution in [1.29, 1.82) is 0 Å². The lowest BCUT2D eigenvalue weighted by atomic mass is 10.2. The van der Waals surface area contributed by atoms with Gasteiger partial charge in [0.1, 0.15) is 5.69 Å². The highest BCUT2D eigenvalue weighted by Gasteiger charge is 2.34. The second-order valence-electron chi connectivity index (χ2n) is 4.08. The Balaban J connectivity index is 2.26. The van der Waals surface area contributed by atoms with Crippen LogP contribution in [0.2, 0.25) is 5.02 Å². The Hall–Kier alpha value is -1.53. The molecule has 1 aromatic rings. The van der Waals surface area contributed by atoms with Crippen molar-refractivity contribution in [2.45, 2.75) is 6.04 Å². The second-order valence-corrected chi connectivity index (χ2v) is 4.52. The van der Waals surface area contributed by atoms with Crippen molar-refractivity contribution in [3.05, 3.63) is 23.0 Å². The van der Waals surface area contributed by atoms with Crippen molar-refractivity contribution in [2.75, 3.05) is 19.8 Å². The smallest absolute Gasteiger partial charge is 0.328 e. The number of carboxylic acid groups (broad SMARTS) is 1. The summed E-state index contributed by atoms with van der Waals surface area (Å²) >= 11 is 5.82. The van der Waals surface area contributed by atoms with E-state index >= 15 is 0 Å². The molecule has 0 saturated carbocycles. The summed E-state index contributed by atoms with van der Waals surface area (Å²) in [6.07, 6.45) is 1.60. The lowest BCUT2D eigenvalue weighted by Crippen LogP contribution is -2.52. The monoisotopic (exact) mass is 272 g/mol. The maximum absolute atomic E-state index is 12.3. The molecule has 0 spiro atoms. The molecule has 0 radical (unpaired) electrons. The van der Waals surface area contributed by atoms with Crippen LogP contribution in [0.15, 0.2) is 12.3 Å². The minimum absolute atomic E-state index is 0.0131. The molecule has 0 aromatic carbocycles. The molecule has 1 atom stereocenters. The Morgan fingerprint density at radius 1 is 1.56 bits per heavy atom. The number of hydrogen-bond acceptors (Lipinski definition) is 3. The van der Waals surface area contributed by atoms with Crippen LogP contribution < -0.4 is 0 Å². The van der Waals surface area contributed by atoms with E-state index in [-0.39, 0.29) is 19.1 Å². The highest BCUT2D eigenvalue weighted by molar-refractivity contribution is 6.31. The fraction of sp³-hybridized carbons (Fsp3) is 0.455. The Labute approximate surface area is 109 Å². The number of carbonyl (C=O) groups excluding carboxylic acids is 1. The quantitative estimate of drug-likeness (QED) is 0.856. The highest BCUT2D eigenvalue weighted by Crippen LogP contribution is 2.17. The Bertz CT molecular complexity index is 485. The van der Waals surface area contributed by atoms with Crippen LogP contribution in [0, 0.1) is 0 Å². The number of nitrogens with zero attached hydrogens (tertiary/aromatic N) is 2. The predicted molar refractivity (Wildman–Crippen MR) is 63.7 cm³/mol. The van der Waals surface area contributed by atoms with E-state index in [2.05, 4.69) is 0 Å². The summed E-state index contributed by atoms with van der Waals surface area (Å²) in [5.41, 5.74) is 0.369. The van der Waals surface area contributed by atoms with Crippen LogP contribution in [-0.2, 0) is 16.6 Å². The molecule has 1 fully saturated rings. The normalized spacial score (nSPS) is 19.9. The average Bonchev–Trinajstić information content (AvgIpc) is 2.67. The number of carbonyl (C=O) groups is 2. The SMILES string of the molecule is Cn1cc(Cl)cc1C(=O)N1CCOC[C@@H]1C(=O)O. The highest BCUT2D eigenvalue weighted by atomic mass is 35.5. The molecule has 1 N–H and O–H groups in total. The van der Waals surface area contributed by atoms with E-state index in [0.29, 0.717) is 17.3 Å². The molecule has 0 bridgehead atoms. The van der Waals surface area contributed by atoms with Crippen LogP contribution in [0.25, 0.3) is 0 Å². The summed E-state index contributed by atoms with van der Waals surface area (Å²) < 4.78 is 6.67. The summed E-state index contributed by atoms with van der Waals surface area (Å²) in [5, 5.41) is 9.52. The van der Waals surface area contributed by atoms with Crippen LogP contribution in [0.3, 0.4) is 0 Å². The van der Waals surface area contributed by atoms with Crippen LogP contribution >= 0.6 is 11.6 Å². The van der Waals surface area contributed by atoms with Gasteiger partial charge in [0.15, 0.2) is 6.04 Å². The summed E-state index contributed by atoms with van der Waals surface area (Å²) in [5.74, 6) is -1.41. The Kier molecular flexibility index (Phi) is 3.58. The third kappa shape index (κ3) is 2.34. The van der Waals surface area contributed by atoms with Gasteiger partial charge in [-0.05, 0) is 6.07 Å². The van der Waals surface area contributed by atoms with Gasteiger partial charge < -0.3 is 19.3 Å². The molecule has 2 heterocycles. The maximum Gasteiger partial charge on any atom is 0.328 e. The molecule has 1 aliphatic heterocycles. The number of hydrogen-bond donors (Lipinski definition) is 1. The van der Waals surface area contributed by atoms with E-state index in [0.717, 1.165) is 0 Å². The summed E-state index contributed by atoms with van der Waals surface area (Å²) in [6.45, 7) is 0.617. The molecule has 1 aliphatic rings. The van der Waals surface area contributed by atoms with Gasteiger partial charge in [0.25, 0.3) is 5.91 Å². The third-order valence-electron chi connectivity index (χ3n) is 2.87. The number of carboxylic acids is 1. The lowest BCUT2D eigenvalue weighted by Gasteiger charge is -2.32. The second kappa shape index (κ2) is 4.99. The number of aromatic nitrogens is 1. The molecule has 1 amide bonds. The van der Waals surface area contributed by atoms with Crippen molar-refractivity contribution in [3.8, 4) is 0 Å². The van der Waals surface area contributed by atoms with E-state index in [9.17, 15) is 9.59 Å². The molecule has 0 unspecified atom stereocenters. The largest absolute Gasteiger partial charge is 0.480 e. The van der Waals surface area contributed by atoms with Gasteiger partial charge in [-0.25, -0.2) is 4.79 Å². The number of rotatable bonds is 2. The van der Waals surface area contributed by atoms with Gasteiger partial charge in [0.2, 0.25) is 0 Å². The Morgan fingerprint density at radius 3 is 2.83 bits per heavy atom. The molecule has 18 heavy (non-hydrogen) atoms. The average molecular weight is 273 g/mol.